The van der Waals surface area contributed by atoms with E-state index < -0.39 is 0 Å². The number of aliphatic hydroxyl groups excluding tert-OH is 1. The highest BCUT2D eigenvalue weighted by Gasteiger charge is 2.08. The Bertz CT molecular complexity index is 499. The van der Waals surface area contributed by atoms with Crippen molar-refractivity contribution in [1.82, 2.24) is 9.78 Å². The topological polar surface area (TPSA) is 47.3 Å². The van der Waals surface area contributed by atoms with Gasteiger partial charge in [0.15, 0.2) is 0 Å². The van der Waals surface area contributed by atoms with Crippen LogP contribution in [0.1, 0.15) is 25.1 Å². The predicted octanol–water partition coefficient (Wildman–Crippen LogP) is 2.33. The summed E-state index contributed by atoms with van der Waals surface area (Å²) < 4.78 is 7.25. The van der Waals surface area contributed by atoms with Gasteiger partial charge in [-0.05, 0) is 25.5 Å². The summed E-state index contributed by atoms with van der Waals surface area (Å²) >= 11 is 0. The van der Waals surface area contributed by atoms with Crippen molar-refractivity contribution < 1.29 is 9.84 Å². The molecule has 1 heterocycles. The van der Waals surface area contributed by atoms with E-state index in [1.54, 1.807) is 4.68 Å². The van der Waals surface area contributed by atoms with E-state index in [1.165, 1.54) is 0 Å². The van der Waals surface area contributed by atoms with E-state index in [0.29, 0.717) is 6.61 Å². The molecule has 0 aliphatic rings. The molecule has 0 radical (unpaired) electrons. The summed E-state index contributed by atoms with van der Waals surface area (Å²) in [7, 11) is 0. The lowest BCUT2D eigenvalue weighted by molar-refractivity contribution is 0.280. The summed E-state index contributed by atoms with van der Waals surface area (Å²) in [5, 5.41) is 13.7. The molecule has 2 aromatic rings. The van der Waals surface area contributed by atoms with E-state index in [9.17, 15) is 5.11 Å². The van der Waals surface area contributed by atoms with Crippen molar-refractivity contribution in [2.45, 2.75) is 26.9 Å². The normalized spacial score (nSPS) is 10.6. The molecule has 0 aliphatic carbocycles. The Morgan fingerprint density at radius 1 is 1.33 bits per heavy atom. The number of rotatable bonds is 5. The second-order valence-corrected chi connectivity index (χ2v) is 3.99. The molecule has 0 atom stereocenters. The Hall–Kier alpha value is -1.81. The van der Waals surface area contributed by atoms with Gasteiger partial charge in [0.1, 0.15) is 5.75 Å². The van der Waals surface area contributed by atoms with Crippen molar-refractivity contribution in [3.63, 3.8) is 0 Å². The molecule has 4 nitrogen and oxygen atoms in total. The summed E-state index contributed by atoms with van der Waals surface area (Å²) in [6, 6.07) is 7.77. The zero-order valence-corrected chi connectivity index (χ0v) is 10.8. The van der Waals surface area contributed by atoms with E-state index >= 15 is 0 Å². The molecule has 1 aromatic heterocycles. The lowest BCUT2D eigenvalue weighted by Gasteiger charge is -2.05. The summed E-state index contributed by atoms with van der Waals surface area (Å²) in [5.74, 6) is 0.828. The molecule has 0 saturated heterocycles. The number of aryl methyl sites for hydroxylation is 1. The van der Waals surface area contributed by atoms with E-state index in [-0.39, 0.29) is 6.61 Å². The van der Waals surface area contributed by atoms with Gasteiger partial charge in [-0.3, -0.25) is 0 Å². The number of nitrogens with zero attached hydrogens (tertiary/aromatic N) is 2. The zero-order chi connectivity index (χ0) is 13.0. The maximum atomic E-state index is 9.27. The molecular weight excluding hydrogens is 228 g/mol. The summed E-state index contributed by atoms with van der Waals surface area (Å²) in [6.07, 6.45) is 2.68. The molecule has 0 spiro atoms. The minimum Gasteiger partial charge on any atom is -0.494 e. The molecular formula is C14H18N2O2. The van der Waals surface area contributed by atoms with Crippen molar-refractivity contribution in [1.29, 1.82) is 0 Å². The fourth-order valence-corrected chi connectivity index (χ4v) is 1.89. The molecule has 18 heavy (non-hydrogen) atoms. The smallest absolute Gasteiger partial charge is 0.121 e. The van der Waals surface area contributed by atoms with E-state index in [2.05, 4.69) is 5.10 Å². The second-order valence-electron chi connectivity index (χ2n) is 3.99. The molecule has 0 bridgehead atoms. The lowest BCUT2D eigenvalue weighted by atomic mass is 10.2. The minimum atomic E-state index is 0.0221. The van der Waals surface area contributed by atoms with Gasteiger partial charge in [0, 0.05) is 17.8 Å². The van der Waals surface area contributed by atoms with Crippen LogP contribution in [-0.4, -0.2) is 21.5 Å². The molecule has 1 aromatic carbocycles. The van der Waals surface area contributed by atoms with Crippen LogP contribution in [0.5, 0.6) is 5.75 Å². The number of aromatic nitrogens is 2. The first kappa shape index (κ1) is 12.6. The van der Waals surface area contributed by atoms with Crippen LogP contribution in [0.2, 0.25) is 0 Å². The van der Waals surface area contributed by atoms with Crippen molar-refractivity contribution in [2.24, 2.45) is 0 Å². The largest absolute Gasteiger partial charge is 0.494 e. The van der Waals surface area contributed by atoms with Crippen molar-refractivity contribution in [3.8, 4) is 11.4 Å². The average Bonchev–Trinajstić information content (AvgIpc) is 2.82. The Morgan fingerprint density at radius 3 is 2.78 bits per heavy atom. The van der Waals surface area contributed by atoms with Gasteiger partial charge in [0.2, 0.25) is 0 Å². The fraction of sp³-hybridized carbons (Fsp3) is 0.357. The number of aliphatic hydroxyl groups is 1. The predicted molar refractivity (Wildman–Crippen MR) is 70.0 cm³/mol. The van der Waals surface area contributed by atoms with E-state index in [4.69, 9.17) is 4.74 Å². The van der Waals surface area contributed by atoms with Crippen LogP contribution in [0.4, 0.5) is 0 Å². The Balaban J connectivity index is 2.35. The molecule has 2 rings (SSSR count). The van der Waals surface area contributed by atoms with Gasteiger partial charge in [-0.15, -0.1) is 0 Å². The fourth-order valence-electron chi connectivity index (χ4n) is 1.89. The maximum absolute atomic E-state index is 9.27. The standard InChI is InChI=1S/C14H18N2O2/c1-3-14-11(10-17)9-16(15-14)12-6-5-7-13(8-12)18-4-2/h5-9,17H,3-4,10H2,1-2H3. The Kier molecular flexibility index (Phi) is 3.99. The number of ether oxygens (including phenoxy) is 1. The lowest BCUT2D eigenvalue weighted by Crippen LogP contribution is -1.97. The summed E-state index contributed by atoms with van der Waals surface area (Å²) in [5.41, 5.74) is 2.74. The Morgan fingerprint density at radius 2 is 2.17 bits per heavy atom. The van der Waals surface area contributed by atoms with Crippen LogP contribution >= 0.6 is 0 Å². The van der Waals surface area contributed by atoms with Crippen molar-refractivity contribution >= 4 is 0 Å². The molecule has 0 amide bonds. The maximum Gasteiger partial charge on any atom is 0.121 e. The van der Waals surface area contributed by atoms with Gasteiger partial charge < -0.3 is 9.84 Å². The molecule has 0 aliphatic heterocycles. The van der Waals surface area contributed by atoms with E-state index in [1.807, 2.05) is 44.3 Å². The van der Waals surface area contributed by atoms with Gasteiger partial charge in [-0.25, -0.2) is 4.68 Å². The van der Waals surface area contributed by atoms with Crippen molar-refractivity contribution in [3.05, 3.63) is 41.7 Å². The number of benzene rings is 1. The number of hydrogen-bond donors (Lipinski definition) is 1. The molecule has 0 fully saturated rings. The minimum absolute atomic E-state index is 0.0221. The first-order valence-corrected chi connectivity index (χ1v) is 6.20. The molecule has 96 valence electrons. The zero-order valence-electron chi connectivity index (χ0n) is 10.8. The summed E-state index contributed by atoms with van der Waals surface area (Å²) in [4.78, 5) is 0. The quantitative estimate of drug-likeness (QED) is 0.880. The van der Waals surface area contributed by atoms with Gasteiger partial charge in [-0.1, -0.05) is 13.0 Å². The van der Waals surface area contributed by atoms with Crippen LogP contribution < -0.4 is 4.74 Å². The number of hydrogen-bond acceptors (Lipinski definition) is 3. The second kappa shape index (κ2) is 5.69. The average molecular weight is 246 g/mol. The third-order valence-corrected chi connectivity index (χ3v) is 2.78. The highest BCUT2D eigenvalue weighted by atomic mass is 16.5. The Labute approximate surface area is 107 Å². The van der Waals surface area contributed by atoms with Gasteiger partial charge >= 0.3 is 0 Å². The first-order valence-electron chi connectivity index (χ1n) is 6.20. The van der Waals surface area contributed by atoms with Crippen LogP contribution in [0.3, 0.4) is 0 Å². The first-order chi connectivity index (χ1) is 8.78. The van der Waals surface area contributed by atoms with Crippen LogP contribution in [0.25, 0.3) is 5.69 Å². The van der Waals surface area contributed by atoms with E-state index in [0.717, 1.165) is 29.1 Å². The molecule has 1 N–H and O–H groups in total. The monoisotopic (exact) mass is 246 g/mol. The molecule has 0 saturated carbocycles. The van der Waals surface area contributed by atoms with Crippen LogP contribution in [-0.2, 0) is 13.0 Å². The highest BCUT2D eigenvalue weighted by Crippen LogP contribution is 2.18. The van der Waals surface area contributed by atoms with Crippen molar-refractivity contribution in [2.75, 3.05) is 6.61 Å². The van der Waals surface area contributed by atoms with Gasteiger partial charge in [0.25, 0.3) is 0 Å². The third kappa shape index (κ3) is 2.54. The SMILES string of the molecule is CCOc1cccc(-n2cc(CO)c(CC)n2)c1. The summed E-state index contributed by atoms with van der Waals surface area (Å²) in [6.45, 7) is 4.65. The van der Waals surface area contributed by atoms with Crippen LogP contribution in [0, 0.1) is 0 Å². The molecule has 4 heteroatoms. The molecule has 0 unspecified atom stereocenters. The highest BCUT2D eigenvalue weighted by molar-refractivity contribution is 5.39. The third-order valence-electron chi connectivity index (χ3n) is 2.78. The van der Waals surface area contributed by atoms with Gasteiger partial charge in [-0.2, -0.15) is 5.10 Å². The van der Waals surface area contributed by atoms with Gasteiger partial charge in [0.05, 0.1) is 24.6 Å². The van der Waals surface area contributed by atoms with Crippen LogP contribution in [0.15, 0.2) is 30.5 Å².